The minimum Gasteiger partial charge on any atom is -0.313 e. The maximum Gasteiger partial charge on any atom is 0.129 e. The zero-order valence-corrected chi connectivity index (χ0v) is 12.6. The first-order valence-corrected chi connectivity index (χ1v) is 7.59. The molecule has 2 fully saturated rings. The SMILES string of the molecule is CNC(c1cc(Cl)c(Br)cc1F)C1CC2CC2C1. The van der Waals surface area contributed by atoms with E-state index in [2.05, 4.69) is 21.2 Å². The Labute approximate surface area is 120 Å². The van der Waals surface area contributed by atoms with Crippen LogP contribution in [-0.2, 0) is 0 Å². The van der Waals surface area contributed by atoms with Gasteiger partial charge in [0.15, 0.2) is 0 Å². The third kappa shape index (κ3) is 2.21. The number of benzene rings is 1. The number of fused-ring (bicyclic) bond motifs is 1. The standard InChI is InChI=1S/C14H16BrClFN/c1-18-14(9-3-7-2-8(7)4-9)10-5-12(16)11(15)6-13(10)17/h5-9,14,18H,2-4H2,1H3. The molecule has 0 spiro atoms. The van der Waals surface area contributed by atoms with E-state index in [4.69, 9.17) is 11.6 Å². The molecule has 0 bridgehead atoms. The van der Waals surface area contributed by atoms with Crippen LogP contribution in [0, 0.1) is 23.6 Å². The van der Waals surface area contributed by atoms with Crippen LogP contribution in [0.2, 0.25) is 5.02 Å². The molecule has 0 aliphatic heterocycles. The van der Waals surface area contributed by atoms with Crippen LogP contribution in [0.1, 0.15) is 30.9 Å². The van der Waals surface area contributed by atoms with Crippen LogP contribution in [0.5, 0.6) is 0 Å². The fourth-order valence-electron chi connectivity index (χ4n) is 3.46. The zero-order chi connectivity index (χ0) is 12.9. The minimum atomic E-state index is -0.175. The average molecular weight is 333 g/mol. The fourth-order valence-corrected chi connectivity index (χ4v) is 3.94. The lowest BCUT2D eigenvalue weighted by Crippen LogP contribution is -2.25. The molecule has 0 aromatic heterocycles. The predicted molar refractivity (Wildman–Crippen MR) is 75.2 cm³/mol. The molecule has 1 aromatic rings. The minimum absolute atomic E-state index is 0.0865. The number of nitrogens with one attached hydrogen (secondary N) is 1. The van der Waals surface area contributed by atoms with Gasteiger partial charge in [0, 0.05) is 16.1 Å². The highest BCUT2D eigenvalue weighted by molar-refractivity contribution is 9.10. The second-order valence-corrected chi connectivity index (χ2v) is 6.80. The summed E-state index contributed by atoms with van der Waals surface area (Å²) in [6.45, 7) is 0. The topological polar surface area (TPSA) is 12.0 Å². The van der Waals surface area contributed by atoms with Gasteiger partial charge in [-0.3, -0.25) is 0 Å². The first-order chi connectivity index (χ1) is 8.60. The number of rotatable bonds is 3. The summed E-state index contributed by atoms with van der Waals surface area (Å²) in [5, 5.41) is 3.85. The summed E-state index contributed by atoms with van der Waals surface area (Å²) in [6, 6.07) is 3.31. The van der Waals surface area contributed by atoms with E-state index in [1.165, 1.54) is 25.3 Å². The second kappa shape index (κ2) is 4.77. The smallest absolute Gasteiger partial charge is 0.129 e. The van der Waals surface area contributed by atoms with E-state index in [1.807, 2.05) is 7.05 Å². The van der Waals surface area contributed by atoms with Crippen molar-refractivity contribution in [2.45, 2.75) is 25.3 Å². The van der Waals surface area contributed by atoms with Gasteiger partial charge in [-0.25, -0.2) is 4.39 Å². The highest BCUT2D eigenvalue weighted by Gasteiger charge is 2.48. The molecule has 3 atom stereocenters. The quantitative estimate of drug-likeness (QED) is 0.801. The summed E-state index contributed by atoms with van der Waals surface area (Å²) >= 11 is 9.35. The molecule has 1 aromatic carbocycles. The molecule has 1 N–H and O–H groups in total. The molecule has 2 saturated carbocycles. The zero-order valence-electron chi connectivity index (χ0n) is 10.2. The van der Waals surface area contributed by atoms with Crippen molar-refractivity contribution in [3.05, 3.63) is 33.0 Å². The lowest BCUT2D eigenvalue weighted by atomic mass is 9.89. The van der Waals surface area contributed by atoms with Gasteiger partial charge in [-0.05, 0) is 72.1 Å². The van der Waals surface area contributed by atoms with Crippen molar-refractivity contribution in [2.75, 3.05) is 7.05 Å². The molecule has 0 amide bonds. The molecule has 3 rings (SSSR count). The van der Waals surface area contributed by atoms with Gasteiger partial charge in [0.1, 0.15) is 5.82 Å². The van der Waals surface area contributed by atoms with E-state index in [-0.39, 0.29) is 11.9 Å². The van der Waals surface area contributed by atoms with Gasteiger partial charge in [-0.15, -0.1) is 0 Å². The molecule has 4 heteroatoms. The monoisotopic (exact) mass is 331 g/mol. The molecular weight excluding hydrogens is 317 g/mol. The van der Waals surface area contributed by atoms with Gasteiger partial charge >= 0.3 is 0 Å². The van der Waals surface area contributed by atoms with Gasteiger partial charge in [0.05, 0.1) is 5.02 Å². The van der Waals surface area contributed by atoms with E-state index in [0.717, 1.165) is 11.8 Å². The van der Waals surface area contributed by atoms with E-state index >= 15 is 0 Å². The van der Waals surface area contributed by atoms with Crippen molar-refractivity contribution >= 4 is 27.5 Å². The molecule has 18 heavy (non-hydrogen) atoms. The average Bonchev–Trinajstić information content (AvgIpc) is 2.94. The third-order valence-corrected chi connectivity index (χ3v) is 5.63. The van der Waals surface area contributed by atoms with Crippen LogP contribution in [-0.4, -0.2) is 7.05 Å². The van der Waals surface area contributed by atoms with Crippen LogP contribution >= 0.6 is 27.5 Å². The van der Waals surface area contributed by atoms with Crippen molar-refractivity contribution in [3.8, 4) is 0 Å². The van der Waals surface area contributed by atoms with Gasteiger partial charge < -0.3 is 5.32 Å². The Morgan fingerprint density at radius 1 is 1.33 bits per heavy atom. The number of hydrogen-bond acceptors (Lipinski definition) is 1. The first kappa shape index (κ1) is 12.9. The van der Waals surface area contributed by atoms with Crippen molar-refractivity contribution in [2.24, 2.45) is 17.8 Å². The van der Waals surface area contributed by atoms with E-state index in [9.17, 15) is 4.39 Å². The van der Waals surface area contributed by atoms with Gasteiger partial charge in [0.25, 0.3) is 0 Å². The fraction of sp³-hybridized carbons (Fsp3) is 0.571. The summed E-state index contributed by atoms with van der Waals surface area (Å²) in [5.41, 5.74) is 0.706. The van der Waals surface area contributed by atoms with E-state index < -0.39 is 0 Å². The molecule has 2 aliphatic carbocycles. The molecule has 98 valence electrons. The Morgan fingerprint density at radius 2 is 2.00 bits per heavy atom. The molecule has 2 aliphatic rings. The van der Waals surface area contributed by atoms with Crippen molar-refractivity contribution in [3.63, 3.8) is 0 Å². The molecule has 3 unspecified atom stereocenters. The maximum atomic E-state index is 14.1. The lowest BCUT2D eigenvalue weighted by Gasteiger charge is -2.25. The second-order valence-electron chi connectivity index (χ2n) is 5.54. The van der Waals surface area contributed by atoms with Gasteiger partial charge in [0.2, 0.25) is 0 Å². The Kier molecular flexibility index (Phi) is 3.41. The van der Waals surface area contributed by atoms with Crippen LogP contribution in [0.4, 0.5) is 4.39 Å². The number of halogens is 3. The summed E-state index contributed by atoms with van der Waals surface area (Å²) in [5.74, 6) is 2.18. The molecule has 0 saturated heterocycles. The van der Waals surface area contributed by atoms with Crippen molar-refractivity contribution < 1.29 is 4.39 Å². The van der Waals surface area contributed by atoms with Crippen LogP contribution in [0.15, 0.2) is 16.6 Å². The van der Waals surface area contributed by atoms with Crippen LogP contribution in [0.25, 0.3) is 0 Å². The molecule has 0 heterocycles. The molecular formula is C14H16BrClFN. The van der Waals surface area contributed by atoms with Crippen molar-refractivity contribution in [1.29, 1.82) is 0 Å². The third-order valence-electron chi connectivity index (χ3n) is 4.44. The Bertz CT molecular complexity index is 469. The van der Waals surface area contributed by atoms with Crippen LogP contribution in [0.3, 0.4) is 0 Å². The summed E-state index contributed by atoms with van der Waals surface area (Å²) in [6.07, 6.45) is 3.84. The summed E-state index contributed by atoms with van der Waals surface area (Å²) in [7, 11) is 1.91. The largest absolute Gasteiger partial charge is 0.313 e. The summed E-state index contributed by atoms with van der Waals surface area (Å²) < 4.78 is 14.7. The van der Waals surface area contributed by atoms with Crippen LogP contribution < -0.4 is 5.32 Å². The highest BCUT2D eigenvalue weighted by Crippen LogP contribution is 2.57. The maximum absolute atomic E-state index is 14.1. The van der Waals surface area contributed by atoms with E-state index in [1.54, 1.807) is 6.07 Å². The molecule has 0 radical (unpaired) electrons. The number of hydrogen-bond donors (Lipinski definition) is 1. The van der Waals surface area contributed by atoms with E-state index in [0.29, 0.717) is 21.0 Å². The summed E-state index contributed by atoms with van der Waals surface area (Å²) in [4.78, 5) is 0. The molecule has 1 nitrogen and oxygen atoms in total. The Hall–Kier alpha value is -0.120. The van der Waals surface area contributed by atoms with Gasteiger partial charge in [-0.2, -0.15) is 0 Å². The van der Waals surface area contributed by atoms with Gasteiger partial charge in [-0.1, -0.05) is 11.6 Å². The first-order valence-electron chi connectivity index (χ1n) is 6.42. The Balaban J connectivity index is 1.88. The van der Waals surface area contributed by atoms with Crippen molar-refractivity contribution in [1.82, 2.24) is 5.32 Å². The predicted octanol–water partition coefficient (Wildman–Crippen LogP) is 4.55. The highest BCUT2D eigenvalue weighted by atomic mass is 79.9. The normalized spacial score (nSPS) is 31.2. The lowest BCUT2D eigenvalue weighted by molar-refractivity contribution is 0.350. The Morgan fingerprint density at radius 3 is 2.61 bits per heavy atom.